The number of nitrogens with zero attached hydrogens (tertiary/aromatic N) is 1. The molecular weight excluding hydrogens is 126 g/mol. The maximum absolute atomic E-state index is 10.1. The topological polar surface area (TPSA) is 20.3 Å². The van der Waals surface area contributed by atoms with Crippen molar-refractivity contribution < 1.29 is 4.79 Å². The molecule has 0 fully saturated rings. The van der Waals surface area contributed by atoms with Gasteiger partial charge in [-0.15, -0.1) is 0 Å². The molecule has 0 saturated carbocycles. The van der Waals surface area contributed by atoms with Crippen LogP contribution in [0.25, 0.3) is 0 Å². The fourth-order valence-corrected chi connectivity index (χ4v) is 0.772. The zero-order chi connectivity index (χ0) is 7.98. The lowest BCUT2D eigenvalue weighted by molar-refractivity contribution is -0.105. The number of hydrogen-bond acceptors (Lipinski definition) is 2. The highest BCUT2D eigenvalue weighted by Gasteiger charge is 1.99. The van der Waals surface area contributed by atoms with E-state index in [1.165, 1.54) is 0 Å². The highest BCUT2D eigenvalue weighted by Crippen LogP contribution is 1.92. The lowest BCUT2D eigenvalue weighted by atomic mass is 10.3. The molecule has 0 spiro atoms. The third kappa shape index (κ3) is 3.41. The van der Waals surface area contributed by atoms with Crippen molar-refractivity contribution in [1.29, 1.82) is 0 Å². The molecule has 0 N–H and O–H groups in total. The molecule has 2 nitrogen and oxygen atoms in total. The summed E-state index contributed by atoms with van der Waals surface area (Å²) < 4.78 is 0. The lowest BCUT2D eigenvalue weighted by Gasteiger charge is -2.16. The Balaban J connectivity index is 3.62. The average Bonchev–Trinajstić information content (AvgIpc) is 1.99. The molecule has 0 radical (unpaired) electrons. The van der Waals surface area contributed by atoms with Gasteiger partial charge in [0.1, 0.15) is 6.29 Å². The standard InChI is InChI=1S/C8H15NO/c1-4-9(5-2)6-8(3)7-10/h7H,3-6H2,1-2H3. The van der Waals surface area contributed by atoms with Crippen LogP contribution in [0.1, 0.15) is 13.8 Å². The van der Waals surface area contributed by atoms with Crippen molar-refractivity contribution in [2.75, 3.05) is 19.6 Å². The van der Waals surface area contributed by atoms with Gasteiger partial charge >= 0.3 is 0 Å². The zero-order valence-electron chi connectivity index (χ0n) is 6.76. The van der Waals surface area contributed by atoms with Gasteiger partial charge in [-0.05, 0) is 18.7 Å². The largest absolute Gasteiger partial charge is 0.300 e. The number of likely N-dealkylation sites (N-methyl/N-ethyl adjacent to an activating group) is 1. The second kappa shape index (κ2) is 5.18. The van der Waals surface area contributed by atoms with Gasteiger partial charge in [-0.25, -0.2) is 0 Å². The minimum absolute atomic E-state index is 0.656. The van der Waals surface area contributed by atoms with Crippen LogP contribution in [0.3, 0.4) is 0 Å². The minimum Gasteiger partial charge on any atom is -0.300 e. The predicted octanol–water partition coefficient (Wildman–Crippen LogP) is 1.08. The molecule has 0 aromatic heterocycles. The maximum Gasteiger partial charge on any atom is 0.146 e. The van der Waals surface area contributed by atoms with Crippen LogP contribution < -0.4 is 0 Å². The number of rotatable bonds is 5. The van der Waals surface area contributed by atoms with Crippen LogP contribution >= 0.6 is 0 Å². The Labute approximate surface area is 62.5 Å². The van der Waals surface area contributed by atoms with E-state index in [2.05, 4.69) is 25.3 Å². The fourth-order valence-electron chi connectivity index (χ4n) is 0.772. The van der Waals surface area contributed by atoms with E-state index in [0.717, 1.165) is 19.4 Å². The molecule has 0 atom stereocenters. The average molecular weight is 141 g/mol. The highest BCUT2D eigenvalue weighted by molar-refractivity contribution is 5.72. The van der Waals surface area contributed by atoms with Gasteiger partial charge in [0, 0.05) is 6.54 Å². The molecule has 0 saturated heterocycles. The van der Waals surface area contributed by atoms with Gasteiger partial charge in [-0.2, -0.15) is 0 Å². The Kier molecular flexibility index (Phi) is 4.85. The first-order chi connectivity index (χ1) is 4.74. The molecule has 0 aromatic carbocycles. The van der Waals surface area contributed by atoms with Crippen LogP contribution in [0.5, 0.6) is 0 Å². The van der Waals surface area contributed by atoms with Crippen molar-refractivity contribution in [3.8, 4) is 0 Å². The quantitative estimate of drug-likeness (QED) is 0.422. The van der Waals surface area contributed by atoms with Gasteiger partial charge in [-0.3, -0.25) is 9.69 Å². The van der Waals surface area contributed by atoms with Crippen molar-refractivity contribution in [2.45, 2.75) is 13.8 Å². The van der Waals surface area contributed by atoms with Crippen LogP contribution in [0, 0.1) is 0 Å². The molecule has 0 aliphatic carbocycles. The van der Waals surface area contributed by atoms with Gasteiger partial charge in [0.25, 0.3) is 0 Å². The lowest BCUT2D eigenvalue weighted by Crippen LogP contribution is -2.25. The minimum atomic E-state index is 0.656. The number of aldehydes is 1. The van der Waals surface area contributed by atoms with Crippen LogP contribution in [0.4, 0.5) is 0 Å². The third-order valence-corrected chi connectivity index (χ3v) is 1.49. The zero-order valence-corrected chi connectivity index (χ0v) is 6.76. The summed E-state index contributed by atoms with van der Waals surface area (Å²) >= 11 is 0. The van der Waals surface area contributed by atoms with E-state index in [4.69, 9.17) is 0 Å². The first-order valence-corrected chi connectivity index (χ1v) is 3.59. The van der Waals surface area contributed by atoms with Crippen molar-refractivity contribution in [3.05, 3.63) is 12.2 Å². The molecule has 2 heteroatoms. The van der Waals surface area contributed by atoms with Crippen molar-refractivity contribution >= 4 is 6.29 Å². The molecule has 0 rings (SSSR count). The first kappa shape index (κ1) is 9.37. The summed E-state index contributed by atoms with van der Waals surface area (Å²) in [6.45, 7) is 10.4. The first-order valence-electron chi connectivity index (χ1n) is 3.59. The summed E-state index contributed by atoms with van der Waals surface area (Å²) in [6, 6.07) is 0. The van der Waals surface area contributed by atoms with E-state index < -0.39 is 0 Å². The van der Waals surface area contributed by atoms with Crippen molar-refractivity contribution in [3.63, 3.8) is 0 Å². The Morgan fingerprint density at radius 3 is 2.30 bits per heavy atom. The van der Waals surface area contributed by atoms with E-state index in [-0.39, 0.29) is 0 Å². The van der Waals surface area contributed by atoms with Crippen molar-refractivity contribution in [2.24, 2.45) is 0 Å². The second-order valence-electron chi connectivity index (χ2n) is 2.24. The Bertz CT molecular complexity index is 116. The van der Waals surface area contributed by atoms with Crippen molar-refractivity contribution in [1.82, 2.24) is 4.90 Å². The monoisotopic (exact) mass is 141 g/mol. The fraction of sp³-hybridized carbons (Fsp3) is 0.625. The SMILES string of the molecule is C=C(C=O)CN(CC)CC. The van der Waals surface area contributed by atoms with E-state index in [1.807, 2.05) is 0 Å². The second-order valence-corrected chi connectivity index (χ2v) is 2.24. The molecule has 0 heterocycles. The van der Waals surface area contributed by atoms with Gasteiger partial charge < -0.3 is 0 Å². The highest BCUT2D eigenvalue weighted by atomic mass is 16.1. The molecule has 0 aliphatic rings. The maximum atomic E-state index is 10.1. The van der Waals surface area contributed by atoms with E-state index in [9.17, 15) is 4.79 Å². The Morgan fingerprint density at radius 2 is 2.00 bits per heavy atom. The molecular formula is C8H15NO. The molecule has 0 bridgehead atoms. The summed E-state index contributed by atoms with van der Waals surface area (Å²) in [4.78, 5) is 12.3. The Morgan fingerprint density at radius 1 is 1.50 bits per heavy atom. The van der Waals surface area contributed by atoms with Crippen LogP contribution in [-0.4, -0.2) is 30.8 Å². The molecule has 0 amide bonds. The smallest absolute Gasteiger partial charge is 0.146 e. The summed E-state index contributed by atoms with van der Waals surface area (Å²) in [5.74, 6) is 0. The van der Waals surface area contributed by atoms with Gasteiger partial charge in [0.15, 0.2) is 0 Å². The summed E-state index contributed by atoms with van der Waals surface area (Å²) in [6.07, 6.45) is 0.818. The summed E-state index contributed by atoms with van der Waals surface area (Å²) in [5.41, 5.74) is 0.656. The summed E-state index contributed by atoms with van der Waals surface area (Å²) in [5, 5.41) is 0. The van der Waals surface area contributed by atoms with Crippen LogP contribution in [0.2, 0.25) is 0 Å². The molecule has 10 heavy (non-hydrogen) atoms. The van der Waals surface area contributed by atoms with E-state index in [0.29, 0.717) is 12.1 Å². The van der Waals surface area contributed by atoms with Crippen LogP contribution in [0.15, 0.2) is 12.2 Å². The molecule has 0 unspecified atom stereocenters. The number of hydrogen-bond donors (Lipinski definition) is 0. The molecule has 58 valence electrons. The number of carbonyl (C=O) groups is 1. The normalized spacial score (nSPS) is 9.90. The predicted molar refractivity (Wildman–Crippen MR) is 43.0 cm³/mol. The molecule has 0 aliphatic heterocycles. The summed E-state index contributed by atoms with van der Waals surface area (Å²) in [7, 11) is 0. The van der Waals surface area contributed by atoms with Gasteiger partial charge in [-0.1, -0.05) is 20.4 Å². The van der Waals surface area contributed by atoms with Crippen LogP contribution in [-0.2, 0) is 4.79 Å². The Hall–Kier alpha value is -0.630. The van der Waals surface area contributed by atoms with E-state index >= 15 is 0 Å². The van der Waals surface area contributed by atoms with Gasteiger partial charge in [0.2, 0.25) is 0 Å². The molecule has 0 aromatic rings. The van der Waals surface area contributed by atoms with E-state index in [1.54, 1.807) is 0 Å². The third-order valence-electron chi connectivity index (χ3n) is 1.49. The number of carbonyl (C=O) groups excluding carboxylic acids is 1. The van der Waals surface area contributed by atoms with Gasteiger partial charge in [0.05, 0.1) is 0 Å².